The van der Waals surface area contributed by atoms with Crippen molar-refractivity contribution in [2.45, 2.75) is 10.8 Å². The molecule has 3 aromatic carbocycles. The van der Waals surface area contributed by atoms with E-state index in [1.807, 2.05) is 36.4 Å². The maximum Gasteiger partial charge on any atom is 0.108 e. The highest BCUT2D eigenvalue weighted by atomic mass is 14.6. The molecule has 28 heavy (non-hydrogen) atoms. The fourth-order valence-electron chi connectivity index (χ4n) is 4.95. The predicted molar refractivity (Wildman–Crippen MR) is 112 cm³/mol. The van der Waals surface area contributed by atoms with Gasteiger partial charge >= 0.3 is 0 Å². The molecule has 3 aliphatic carbocycles. The lowest BCUT2D eigenvalue weighted by atomic mass is 9.47. The lowest BCUT2D eigenvalue weighted by molar-refractivity contribution is 0.606. The van der Waals surface area contributed by atoms with Crippen molar-refractivity contribution in [2.24, 2.45) is 0 Å². The summed E-state index contributed by atoms with van der Waals surface area (Å²) in [6.45, 7) is 0. The van der Waals surface area contributed by atoms with Gasteiger partial charge in [-0.1, -0.05) is 84.6 Å². The van der Waals surface area contributed by atoms with E-state index in [0.717, 1.165) is 33.4 Å². The zero-order valence-electron chi connectivity index (χ0n) is 15.1. The van der Waals surface area contributed by atoms with Crippen LogP contribution < -0.4 is 0 Å². The molecule has 0 radical (unpaired) electrons. The number of terminal acetylenes is 2. The molecule has 3 aromatic rings. The van der Waals surface area contributed by atoms with Crippen LogP contribution in [0.3, 0.4) is 0 Å². The first-order chi connectivity index (χ1) is 13.8. The van der Waals surface area contributed by atoms with E-state index in [2.05, 4.69) is 71.9 Å². The van der Waals surface area contributed by atoms with Crippen LogP contribution in [0.25, 0.3) is 0 Å². The van der Waals surface area contributed by atoms with Crippen LogP contribution in [-0.4, -0.2) is 0 Å². The van der Waals surface area contributed by atoms with Crippen LogP contribution in [0.2, 0.25) is 0 Å². The van der Waals surface area contributed by atoms with Gasteiger partial charge in [0.25, 0.3) is 0 Å². The van der Waals surface area contributed by atoms with E-state index in [9.17, 15) is 0 Å². The molecule has 0 saturated heterocycles. The second kappa shape index (κ2) is 5.70. The summed E-state index contributed by atoms with van der Waals surface area (Å²) in [5.74, 6) is 17.7. The van der Waals surface area contributed by atoms with Gasteiger partial charge in [-0.15, -0.1) is 12.8 Å². The Morgan fingerprint density at radius 2 is 0.714 bits per heavy atom. The van der Waals surface area contributed by atoms with Crippen LogP contribution in [0.5, 0.6) is 0 Å². The highest BCUT2D eigenvalue weighted by molar-refractivity contribution is 5.81. The molecule has 0 fully saturated rings. The van der Waals surface area contributed by atoms with Crippen molar-refractivity contribution in [1.82, 2.24) is 0 Å². The van der Waals surface area contributed by atoms with Gasteiger partial charge in [0.1, 0.15) is 10.8 Å². The average molecular weight is 350 g/mol. The highest BCUT2D eigenvalue weighted by Crippen LogP contribution is 2.61. The fraction of sp³-hybridized carbons (Fsp3) is 0.0714. The minimum absolute atomic E-state index is 0.615. The molecule has 126 valence electrons. The van der Waals surface area contributed by atoms with Crippen molar-refractivity contribution < 1.29 is 0 Å². The summed E-state index contributed by atoms with van der Waals surface area (Å²) < 4.78 is 0. The fourth-order valence-corrected chi connectivity index (χ4v) is 4.95. The van der Waals surface area contributed by atoms with Crippen molar-refractivity contribution in [3.8, 4) is 48.4 Å². The smallest absolute Gasteiger partial charge is 0.106 e. The Kier molecular flexibility index (Phi) is 3.28. The maximum absolute atomic E-state index is 5.56. The van der Waals surface area contributed by atoms with E-state index in [1.165, 1.54) is 0 Å². The summed E-state index contributed by atoms with van der Waals surface area (Å²) in [5, 5.41) is 0. The molecule has 0 atom stereocenters. The molecular weight excluding hydrogens is 336 g/mol. The predicted octanol–water partition coefficient (Wildman–Crippen LogP) is 4.26. The third kappa shape index (κ3) is 1.71. The molecule has 0 aliphatic heterocycles. The molecule has 6 rings (SSSR count). The largest absolute Gasteiger partial charge is 0.108 e. The Morgan fingerprint density at radius 1 is 0.464 bits per heavy atom. The molecule has 0 saturated carbocycles. The average Bonchev–Trinajstić information content (AvgIpc) is 2.77. The van der Waals surface area contributed by atoms with Gasteiger partial charge in [-0.05, 0) is 57.1 Å². The van der Waals surface area contributed by atoms with Gasteiger partial charge in [0.15, 0.2) is 0 Å². The summed E-state index contributed by atoms with van der Waals surface area (Å²) in [4.78, 5) is 0. The van der Waals surface area contributed by atoms with E-state index >= 15 is 0 Å². The van der Waals surface area contributed by atoms with Gasteiger partial charge in [0, 0.05) is 0 Å². The Hall–Kier alpha value is -4.10. The highest BCUT2D eigenvalue weighted by Gasteiger charge is 2.57. The molecule has 0 heterocycles. The van der Waals surface area contributed by atoms with Gasteiger partial charge in [0.2, 0.25) is 0 Å². The van der Waals surface area contributed by atoms with Gasteiger partial charge in [-0.3, -0.25) is 0 Å². The van der Waals surface area contributed by atoms with Crippen LogP contribution in [-0.2, 0) is 10.8 Å². The van der Waals surface area contributed by atoms with E-state index in [1.54, 1.807) is 0 Å². The molecule has 3 aliphatic rings. The van der Waals surface area contributed by atoms with Crippen LogP contribution in [0, 0.1) is 48.4 Å². The molecule has 0 amide bonds. The minimum Gasteiger partial charge on any atom is -0.106 e. The summed E-state index contributed by atoms with van der Waals surface area (Å²) in [6, 6.07) is 25.1. The Balaban J connectivity index is 2.09. The normalized spacial score (nSPS) is 21.9. The van der Waals surface area contributed by atoms with Crippen molar-refractivity contribution in [3.63, 3.8) is 0 Å². The van der Waals surface area contributed by atoms with E-state index in [-0.39, 0.29) is 0 Å². The van der Waals surface area contributed by atoms with E-state index < -0.39 is 10.8 Å². The molecule has 0 spiro atoms. The van der Waals surface area contributed by atoms with Crippen molar-refractivity contribution >= 4 is 0 Å². The first-order valence-corrected chi connectivity index (χ1v) is 9.06. The molecular formula is C28H14. The SMILES string of the molecule is C#CC#CC12c3ccccc3C(C#CC#C)(c3ccccc31)c1ccccc12. The Labute approximate surface area is 165 Å². The number of hydrogen-bond acceptors (Lipinski definition) is 0. The first-order valence-electron chi connectivity index (χ1n) is 9.06. The summed E-state index contributed by atoms with van der Waals surface area (Å²) in [5.41, 5.74) is 5.53. The van der Waals surface area contributed by atoms with Gasteiger partial charge < -0.3 is 0 Å². The van der Waals surface area contributed by atoms with E-state index in [4.69, 9.17) is 12.8 Å². The number of benzene rings is 3. The van der Waals surface area contributed by atoms with Crippen molar-refractivity contribution in [1.29, 1.82) is 0 Å². The topological polar surface area (TPSA) is 0 Å². The standard InChI is InChI=1S/C28H14/c1-3-5-19-27-21-13-7-10-16-24(21)28(20-6-4-2,25-17-11-8-14-22(25)27)26-18-12-9-15-23(26)27/h1-2,7-18H. The molecule has 0 unspecified atom stereocenters. The zero-order chi connectivity index (χ0) is 19.2. The molecule has 0 N–H and O–H groups in total. The van der Waals surface area contributed by atoms with Gasteiger partial charge in [-0.25, -0.2) is 0 Å². The number of rotatable bonds is 0. The zero-order valence-corrected chi connectivity index (χ0v) is 15.1. The molecule has 0 aromatic heterocycles. The summed E-state index contributed by atoms with van der Waals surface area (Å²) in [7, 11) is 0. The molecule has 0 nitrogen and oxygen atoms in total. The van der Waals surface area contributed by atoms with E-state index in [0.29, 0.717) is 0 Å². The monoisotopic (exact) mass is 350 g/mol. The maximum atomic E-state index is 5.56. The Bertz CT molecular complexity index is 1120. The second-order valence-electron chi connectivity index (χ2n) is 6.93. The summed E-state index contributed by atoms with van der Waals surface area (Å²) >= 11 is 0. The lowest BCUT2D eigenvalue weighted by Crippen LogP contribution is -2.49. The summed E-state index contributed by atoms with van der Waals surface area (Å²) in [6.07, 6.45) is 11.1. The van der Waals surface area contributed by atoms with Gasteiger partial charge in [0.05, 0.1) is 0 Å². The van der Waals surface area contributed by atoms with Gasteiger partial charge in [-0.2, -0.15) is 0 Å². The lowest BCUT2D eigenvalue weighted by Gasteiger charge is -2.52. The minimum atomic E-state index is -0.615. The Morgan fingerprint density at radius 3 is 0.929 bits per heavy atom. The van der Waals surface area contributed by atoms with Crippen LogP contribution in [0.15, 0.2) is 72.8 Å². The third-order valence-corrected chi connectivity index (χ3v) is 5.85. The number of hydrogen-bond donors (Lipinski definition) is 0. The second-order valence-corrected chi connectivity index (χ2v) is 6.93. The third-order valence-electron chi connectivity index (χ3n) is 5.85. The van der Waals surface area contributed by atoms with Crippen LogP contribution >= 0.6 is 0 Å². The molecule has 0 heteroatoms. The quantitative estimate of drug-likeness (QED) is 0.532. The van der Waals surface area contributed by atoms with Crippen molar-refractivity contribution in [3.05, 3.63) is 106 Å². The van der Waals surface area contributed by atoms with Crippen molar-refractivity contribution in [2.75, 3.05) is 0 Å². The first kappa shape index (κ1) is 16.1. The van der Waals surface area contributed by atoms with Crippen LogP contribution in [0.1, 0.15) is 33.4 Å². The molecule has 2 bridgehead atoms. The van der Waals surface area contributed by atoms with Crippen LogP contribution in [0.4, 0.5) is 0 Å².